The summed E-state index contributed by atoms with van der Waals surface area (Å²) in [6, 6.07) is 6.67. The fourth-order valence-electron chi connectivity index (χ4n) is 3.01. The molecular weight excluding hydrogens is 228 g/mol. The minimum Gasteiger partial charge on any atom is -0.486 e. The second-order valence-electron chi connectivity index (χ2n) is 4.90. The first-order valence-electron chi connectivity index (χ1n) is 6.72. The highest BCUT2D eigenvalue weighted by atomic mass is 16.6. The van der Waals surface area contributed by atoms with Gasteiger partial charge in [0.15, 0.2) is 11.5 Å². The first-order chi connectivity index (χ1) is 8.90. The summed E-state index contributed by atoms with van der Waals surface area (Å²) in [5.74, 6) is 2.32. The first-order valence-corrected chi connectivity index (χ1v) is 6.72. The van der Waals surface area contributed by atoms with Gasteiger partial charge in [0.1, 0.15) is 13.2 Å². The number of rotatable bonds is 3. The minimum absolute atomic E-state index is 0.465. The lowest BCUT2D eigenvalue weighted by molar-refractivity contribution is 0.169. The summed E-state index contributed by atoms with van der Waals surface area (Å²) in [5.41, 5.74) is 6.96. The Hall–Kier alpha value is -1.26. The highest BCUT2D eigenvalue weighted by Gasteiger charge is 2.31. The maximum Gasteiger partial charge on any atom is 0.164 e. The van der Waals surface area contributed by atoms with Crippen molar-refractivity contribution >= 4 is 0 Å². The van der Waals surface area contributed by atoms with Crippen LogP contribution in [0.1, 0.15) is 24.3 Å². The molecule has 1 aromatic carbocycles. The summed E-state index contributed by atoms with van der Waals surface area (Å²) in [6.07, 6.45) is 2.15. The average molecular weight is 248 g/mol. The minimum atomic E-state index is 0.465. The Morgan fingerprint density at radius 3 is 3.06 bits per heavy atom. The van der Waals surface area contributed by atoms with E-state index < -0.39 is 0 Å². The van der Waals surface area contributed by atoms with Crippen molar-refractivity contribution in [2.24, 2.45) is 5.73 Å². The smallest absolute Gasteiger partial charge is 0.164 e. The van der Waals surface area contributed by atoms with E-state index >= 15 is 0 Å². The molecule has 1 saturated heterocycles. The van der Waals surface area contributed by atoms with Crippen molar-refractivity contribution in [2.75, 3.05) is 26.3 Å². The molecule has 2 atom stereocenters. The Bertz CT molecular complexity index is 422. The van der Waals surface area contributed by atoms with Crippen molar-refractivity contribution in [3.8, 4) is 11.5 Å². The topological polar surface area (TPSA) is 56.5 Å². The van der Waals surface area contributed by atoms with Gasteiger partial charge in [-0.05, 0) is 32.0 Å². The van der Waals surface area contributed by atoms with Gasteiger partial charge in [-0.1, -0.05) is 12.1 Å². The number of benzene rings is 1. The van der Waals surface area contributed by atoms with E-state index in [4.69, 9.17) is 15.2 Å². The van der Waals surface area contributed by atoms with Crippen molar-refractivity contribution in [1.82, 2.24) is 5.32 Å². The zero-order chi connectivity index (χ0) is 12.4. The van der Waals surface area contributed by atoms with Crippen LogP contribution in [0, 0.1) is 0 Å². The van der Waals surface area contributed by atoms with E-state index in [1.165, 1.54) is 5.56 Å². The zero-order valence-electron chi connectivity index (χ0n) is 10.5. The third kappa shape index (κ3) is 2.06. The highest BCUT2D eigenvalue weighted by molar-refractivity contribution is 5.49. The lowest BCUT2D eigenvalue weighted by Gasteiger charge is -2.26. The predicted octanol–water partition coefficient (Wildman–Crippen LogP) is 1.25. The Balaban J connectivity index is 1.91. The Labute approximate surface area is 107 Å². The van der Waals surface area contributed by atoms with E-state index in [9.17, 15) is 0 Å². The molecule has 2 aliphatic heterocycles. The summed E-state index contributed by atoms with van der Waals surface area (Å²) in [7, 11) is 0. The summed E-state index contributed by atoms with van der Waals surface area (Å²) in [5, 5.41) is 3.54. The van der Waals surface area contributed by atoms with Gasteiger partial charge in [-0.15, -0.1) is 0 Å². The van der Waals surface area contributed by atoms with Gasteiger partial charge in [0.05, 0.1) is 0 Å². The van der Waals surface area contributed by atoms with Crippen molar-refractivity contribution < 1.29 is 9.47 Å². The third-order valence-electron chi connectivity index (χ3n) is 3.82. The van der Waals surface area contributed by atoms with Crippen LogP contribution in [0.15, 0.2) is 18.2 Å². The standard InChI is InChI=1S/C14H20N2O2/c15-6-4-12-10(5-7-16-12)11-2-1-3-13-14(11)18-9-8-17-13/h1-3,10,12,16H,4-9,15H2. The van der Waals surface area contributed by atoms with Gasteiger partial charge in [0, 0.05) is 17.5 Å². The fourth-order valence-corrected chi connectivity index (χ4v) is 3.01. The predicted molar refractivity (Wildman–Crippen MR) is 70.3 cm³/mol. The third-order valence-corrected chi connectivity index (χ3v) is 3.82. The number of nitrogens with two attached hydrogens (primary N) is 1. The molecule has 0 spiro atoms. The molecule has 4 nitrogen and oxygen atoms in total. The number of ether oxygens (including phenoxy) is 2. The average Bonchev–Trinajstić information content (AvgIpc) is 2.87. The molecule has 0 amide bonds. The molecule has 2 heterocycles. The van der Waals surface area contributed by atoms with Crippen LogP contribution >= 0.6 is 0 Å². The van der Waals surface area contributed by atoms with Crippen LogP contribution in [0.5, 0.6) is 11.5 Å². The molecule has 2 aliphatic rings. The number of nitrogens with one attached hydrogen (secondary N) is 1. The van der Waals surface area contributed by atoms with E-state index in [2.05, 4.69) is 17.4 Å². The van der Waals surface area contributed by atoms with Gasteiger partial charge < -0.3 is 20.5 Å². The molecule has 0 aromatic heterocycles. The van der Waals surface area contributed by atoms with E-state index in [0.717, 1.165) is 37.4 Å². The Kier molecular flexibility index (Phi) is 3.39. The summed E-state index contributed by atoms with van der Waals surface area (Å²) in [4.78, 5) is 0. The van der Waals surface area contributed by atoms with E-state index in [1.807, 2.05) is 6.07 Å². The molecule has 18 heavy (non-hydrogen) atoms. The van der Waals surface area contributed by atoms with Crippen LogP contribution in [0.25, 0.3) is 0 Å². The zero-order valence-corrected chi connectivity index (χ0v) is 10.5. The van der Waals surface area contributed by atoms with E-state index in [1.54, 1.807) is 0 Å². The van der Waals surface area contributed by atoms with Gasteiger partial charge in [0.25, 0.3) is 0 Å². The lowest BCUT2D eigenvalue weighted by atomic mass is 9.89. The summed E-state index contributed by atoms with van der Waals surface area (Å²) >= 11 is 0. The molecule has 0 bridgehead atoms. The molecule has 0 saturated carbocycles. The fraction of sp³-hybridized carbons (Fsp3) is 0.571. The molecule has 1 aromatic rings. The van der Waals surface area contributed by atoms with E-state index in [0.29, 0.717) is 25.2 Å². The van der Waals surface area contributed by atoms with Crippen molar-refractivity contribution in [3.63, 3.8) is 0 Å². The van der Waals surface area contributed by atoms with Crippen LogP contribution in [-0.2, 0) is 0 Å². The number of hydrogen-bond donors (Lipinski definition) is 2. The second kappa shape index (κ2) is 5.16. The monoisotopic (exact) mass is 248 g/mol. The molecule has 0 aliphatic carbocycles. The molecule has 98 valence electrons. The second-order valence-corrected chi connectivity index (χ2v) is 4.90. The van der Waals surface area contributed by atoms with Gasteiger partial charge >= 0.3 is 0 Å². The molecular formula is C14H20N2O2. The van der Waals surface area contributed by atoms with Crippen molar-refractivity contribution in [2.45, 2.75) is 24.8 Å². The molecule has 4 heteroatoms. The van der Waals surface area contributed by atoms with Crippen LogP contribution in [0.4, 0.5) is 0 Å². The van der Waals surface area contributed by atoms with Gasteiger partial charge in [-0.2, -0.15) is 0 Å². The number of hydrogen-bond acceptors (Lipinski definition) is 4. The Morgan fingerprint density at radius 2 is 2.17 bits per heavy atom. The molecule has 3 rings (SSSR count). The normalized spacial score (nSPS) is 26.3. The first kappa shape index (κ1) is 11.8. The van der Waals surface area contributed by atoms with Crippen LogP contribution in [-0.4, -0.2) is 32.3 Å². The molecule has 3 N–H and O–H groups in total. The molecule has 2 unspecified atom stereocenters. The molecule has 0 radical (unpaired) electrons. The SMILES string of the molecule is NCCC1NCCC1c1cccc2c1OCCO2. The number of fused-ring (bicyclic) bond motifs is 1. The van der Waals surface area contributed by atoms with Crippen molar-refractivity contribution in [1.29, 1.82) is 0 Å². The van der Waals surface area contributed by atoms with Crippen LogP contribution < -0.4 is 20.5 Å². The largest absolute Gasteiger partial charge is 0.486 e. The summed E-state index contributed by atoms with van der Waals surface area (Å²) < 4.78 is 11.5. The lowest BCUT2D eigenvalue weighted by Crippen LogP contribution is -2.29. The van der Waals surface area contributed by atoms with Crippen LogP contribution in [0.3, 0.4) is 0 Å². The summed E-state index contributed by atoms with van der Waals surface area (Å²) in [6.45, 7) is 3.07. The van der Waals surface area contributed by atoms with Gasteiger partial charge in [-0.3, -0.25) is 0 Å². The van der Waals surface area contributed by atoms with Crippen LogP contribution in [0.2, 0.25) is 0 Å². The number of para-hydroxylation sites is 1. The van der Waals surface area contributed by atoms with Gasteiger partial charge in [-0.25, -0.2) is 0 Å². The van der Waals surface area contributed by atoms with Crippen molar-refractivity contribution in [3.05, 3.63) is 23.8 Å². The highest BCUT2D eigenvalue weighted by Crippen LogP contribution is 2.41. The van der Waals surface area contributed by atoms with Gasteiger partial charge in [0.2, 0.25) is 0 Å². The maximum atomic E-state index is 5.81. The Morgan fingerprint density at radius 1 is 1.28 bits per heavy atom. The maximum absolute atomic E-state index is 5.81. The molecule has 1 fully saturated rings. The van der Waals surface area contributed by atoms with E-state index in [-0.39, 0.29) is 0 Å². The quantitative estimate of drug-likeness (QED) is 0.845.